The topological polar surface area (TPSA) is 72.5 Å². The maximum Gasteiger partial charge on any atom is 0.337 e. The fourth-order valence-electron chi connectivity index (χ4n) is 4.43. The quantitative estimate of drug-likeness (QED) is 0.427. The molecule has 168 valence electrons. The van der Waals surface area contributed by atoms with Crippen molar-refractivity contribution in [3.8, 4) is 11.1 Å². The van der Waals surface area contributed by atoms with Crippen LogP contribution < -0.4 is 4.90 Å². The van der Waals surface area contributed by atoms with Gasteiger partial charge in [-0.2, -0.15) is 0 Å². The molecule has 1 aromatic heterocycles. The first-order valence-electron chi connectivity index (χ1n) is 11.0. The molecule has 33 heavy (non-hydrogen) atoms. The Morgan fingerprint density at radius 1 is 1.06 bits per heavy atom. The number of carbonyl (C=O) groups is 1. The molecular formula is C26H25ClN4O2. The molecule has 0 aliphatic carbocycles. The average Bonchev–Trinajstić information content (AvgIpc) is 3.21. The smallest absolute Gasteiger partial charge is 0.337 e. The molecule has 0 radical (unpaired) electrons. The van der Waals surface area contributed by atoms with E-state index in [9.17, 15) is 9.90 Å². The molecule has 1 saturated heterocycles. The van der Waals surface area contributed by atoms with Crippen molar-refractivity contribution >= 4 is 34.3 Å². The lowest BCUT2D eigenvalue weighted by atomic mass is 10.0. The highest BCUT2D eigenvalue weighted by molar-refractivity contribution is 6.33. The van der Waals surface area contributed by atoms with Crippen LogP contribution in [0.3, 0.4) is 0 Å². The number of benzene rings is 3. The van der Waals surface area contributed by atoms with Crippen molar-refractivity contribution in [2.75, 3.05) is 31.1 Å². The van der Waals surface area contributed by atoms with E-state index in [1.165, 1.54) is 5.69 Å². The highest BCUT2D eigenvalue weighted by Crippen LogP contribution is 2.32. The monoisotopic (exact) mass is 460 g/mol. The number of anilines is 1. The van der Waals surface area contributed by atoms with E-state index in [-0.39, 0.29) is 5.56 Å². The number of rotatable bonds is 5. The van der Waals surface area contributed by atoms with E-state index in [0.717, 1.165) is 48.7 Å². The van der Waals surface area contributed by atoms with Gasteiger partial charge in [0.15, 0.2) is 0 Å². The molecule has 6 nitrogen and oxygen atoms in total. The molecule has 7 heteroatoms. The summed E-state index contributed by atoms with van der Waals surface area (Å²) in [6, 6.07) is 19.8. The minimum absolute atomic E-state index is 0.176. The van der Waals surface area contributed by atoms with Crippen LogP contribution >= 0.6 is 11.6 Å². The Balaban J connectivity index is 1.39. The van der Waals surface area contributed by atoms with Crippen molar-refractivity contribution in [3.63, 3.8) is 0 Å². The third-order valence-electron chi connectivity index (χ3n) is 6.17. The molecule has 4 aromatic rings. The Bertz CT molecular complexity index is 1310. The fourth-order valence-corrected chi connectivity index (χ4v) is 4.78. The second kappa shape index (κ2) is 8.89. The Labute approximate surface area is 197 Å². The first-order chi connectivity index (χ1) is 16.0. The van der Waals surface area contributed by atoms with Gasteiger partial charge in [-0.3, -0.25) is 4.90 Å². The van der Waals surface area contributed by atoms with E-state index in [0.29, 0.717) is 22.6 Å². The van der Waals surface area contributed by atoms with Crippen molar-refractivity contribution in [1.29, 1.82) is 0 Å². The van der Waals surface area contributed by atoms with Crippen LogP contribution in [-0.2, 0) is 6.54 Å². The van der Waals surface area contributed by atoms with Gasteiger partial charge in [-0.15, -0.1) is 0 Å². The number of hydrogen-bond donors (Lipinski definition) is 2. The standard InChI is InChI=1S/C26H25ClN4O2/c1-17-7-8-20(22(27)13-17)18-14-21(26(32)33)25-23(15-18)28-24(29-25)16-30-9-11-31(12-10-30)19-5-3-2-4-6-19/h2-8,13-15H,9-12,16H2,1H3,(H,28,29)(H,32,33). The first kappa shape index (κ1) is 21.5. The van der Waals surface area contributed by atoms with Gasteiger partial charge in [0.2, 0.25) is 0 Å². The number of aromatic nitrogens is 2. The number of carboxylic acids is 1. The number of halogens is 1. The highest BCUT2D eigenvalue weighted by Gasteiger charge is 2.20. The lowest BCUT2D eigenvalue weighted by Gasteiger charge is -2.35. The van der Waals surface area contributed by atoms with Crippen LogP contribution in [-0.4, -0.2) is 52.1 Å². The van der Waals surface area contributed by atoms with Crippen LogP contribution in [0.25, 0.3) is 22.2 Å². The Morgan fingerprint density at radius 2 is 1.82 bits per heavy atom. The molecular weight excluding hydrogens is 436 g/mol. The zero-order valence-corrected chi connectivity index (χ0v) is 19.1. The normalized spacial score (nSPS) is 14.7. The van der Waals surface area contributed by atoms with E-state index in [4.69, 9.17) is 11.6 Å². The van der Waals surface area contributed by atoms with Crippen molar-refractivity contribution in [1.82, 2.24) is 14.9 Å². The van der Waals surface area contributed by atoms with Gasteiger partial charge in [0, 0.05) is 42.5 Å². The number of carboxylic acid groups (broad SMARTS) is 1. The van der Waals surface area contributed by atoms with Crippen LogP contribution in [0.5, 0.6) is 0 Å². The Hall–Kier alpha value is -3.35. The minimum atomic E-state index is -1.00. The van der Waals surface area contributed by atoms with E-state index >= 15 is 0 Å². The molecule has 0 atom stereocenters. The minimum Gasteiger partial charge on any atom is -0.478 e. The molecule has 1 aliphatic rings. The van der Waals surface area contributed by atoms with Crippen LogP contribution in [0, 0.1) is 6.92 Å². The summed E-state index contributed by atoms with van der Waals surface area (Å²) < 4.78 is 0. The molecule has 3 aromatic carbocycles. The van der Waals surface area contributed by atoms with E-state index in [1.54, 1.807) is 6.07 Å². The van der Waals surface area contributed by atoms with Gasteiger partial charge in [-0.1, -0.05) is 41.9 Å². The van der Waals surface area contributed by atoms with Gasteiger partial charge >= 0.3 is 5.97 Å². The summed E-state index contributed by atoms with van der Waals surface area (Å²) in [5.41, 5.74) is 5.23. The fraction of sp³-hybridized carbons (Fsp3) is 0.231. The van der Waals surface area contributed by atoms with Gasteiger partial charge in [-0.25, -0.2) is 9.78 Å². The predicted octanol–water partition coefficient (Wildman–Crippen LogP) is 5.21. The molecule has 0 bridgehead atoms. The van der Waals surface area contributed by atoms with E-state index < -0.39 is 5.97 Å². The number of fused-ring (bicyclic) bond motifs is 1. The van der Waals surface area contributed by atoms with Gasteiger partial charge in [-0.05, 0) is 48.4 Å². The van der Waals surface area contributed by atoms with Crippen LogP contribution in [0.2, 0.25) is 5.02 Å². The summed E-state index contributed by atoms with van der Waals surface area (Å²) >= 11 is 6.45. The van der Waals surface area contributed by atoms with E-state index in [2.05, 4.69) is 44.0 Å². The molecule has 1 fully saturated rings. The number of aromatic carboxylic acids is 1. The largest absolute Gasteiger partial charge is 0.478 e. The van der Waals surface area contributed by atoms with Crippen molar-refractivity contribution in [2.24, 2.45) is 0 Å². The second-order valence-electron chi connectivity index (χ2n) is 8.49. The zero-order valence-electron chi connectivity index (χ0n) is 18.4. The molecule has 0 unspecified atom stereocenters. The molecule has 1 aliphatic heterocycles. The van der Waals surface area contributed by atoms with Gasteiger partial charge in [0.05, 0.1) is 17.6 Å². The number of imidazole rings is 1. The maximum atomic E-state index is 12.0. The maximum absolute atomic E-state index is 12.0. The van der Waals surface area contributed by atoms with Gasteiger partial charge in [0.25, 0.3) is 0 Å². The summed E-state index contributed by atoms with van der Waals surface area (Å²) in [4.78, 5) is 24.7. The summed E-state index contributed by atoms with van der Waals surface area (Å²) in [6.07, 6.45) is 0. The molecule has 0 amide bonds. The summed E-state index contributed by atoms with van der Waals surface area (Å²) in [5.74, 6) is -0.229. The number of H-pyrrole nitrogens is 1. The second-order valence-corrected chi connectivity index (χ2v) is 8.90. The summed E-state index contributed by atoms with van der Waals surface area (Å²) in [6.45, 7) is 6.35. The zero-order chi connectivity index (χ0) is 22.9. The Morgan fingerprint density at radius 3 is 2.52 bits per heavy atom. The third-order valence-corrected chi connectivity index (χ3v) is 6.48. The number of nitrogens with one attached hydrogen (secondary N) is 1. The lowest BCUT2D eigenvalue weighted by Crippen LogP contribution is -2.46. The summed E-state index contributed by atoms with van der Waals surface area (Å²) in [5, 5.41) is 10.4. The van der Waals surface area contributed by atoms with E-state index in [1.807, 2.05) is 37.3 Å². The number of aryl methyl sites for hydroxylation is 1. The Kier molecular flexibility index (Phi) is 5.79. The van der Waals surface area contributed by atoms with Crippen molar-refractivity contribution < 1.29 is 9.90 Å². The number of para-hydroxylation sites is 1. The molecule has 0 saturated carbocycles. The highest BCUT2D eigenvalue weighted by atomic mass is 35.5. The SMILES string of the molecule is Cc1ccc(-c2cc(C(=O)O)c3nc(CN4CCN(c5ccccc5)CC4)[nH]c3c2)c(Cl)c1. The lowest BCUT2D eigenvalue weighted by molar-refractivity contribution is 0.0699. The van der Waals surface area contributed by atoms with Gasteiger partial charge < -0.3 is 15.0 Å². The molecule has 2 heterocycles. The number of nitrogens with zero attached hydrogens (tertiary/aromatic N) is 3. The van der Waals surface area contributed by atoms with Crippen molar-refractivity contribution in [2.45, 2.75) is 13.5 Å². The predicted molar refractivity (Wildman–Crippen MR) is 132 cm³/mol. The molecule has 0 spiro atoms. The average molecular weight is 461 g/mol. The first-order valence-corrected chi connectivity index (χ1v) is 11.4. The molecule has 2 N–H and O–H groups in total. The van der Waals surface area contributed by atoms with Crippen LogP contribution in [0.1, 0.15) is 21.7 Å². The summed E-state index contributed by atoms with van der Waals surface area (Å²) in [7, 11) is 0. The van der Waals surface area contributed by atoms with Gasteiger partial charge in [0.1, 0.15) is 11.3 Å². The number of piperazine rings is 1. The van der Waals surface area contributed by atoms with Crippen molar-refractivity contribution in [3.05, 3.63) is 82.6 Å². The number of aromatic amines is 1. The molecule has 5 rings (SSSR count). The van der Waals surface area contributed by atoms with Crippen LogP contribution in [0.4, 0.5) is 5.69 Å². The van der Waals surface area contributed by atoms with Crippen LogP contribution in [0.15, 0.2) is 60.7 Å². The number of hydrogen-bond acceptors (Lipinski definition) is 4. The third kappa shape index (κ3) is 4.45.